The summed E-state index contributed by atoms with van der Waals surface area (Å²) >= 11 is 0. The maximum Gasteiger partial charge on any atom is 0.316 e. The second-order valence-electron chi connectivity index (χ2n) is 6.44. The number of fused-ring (bicyclic) bond motifs is 1. The zero-order chi connectivity index (χ0) is 19.7. The zero-order valence-electron chi connectivity index (χ0n) is 15.5. The van der Waals surface area contributed by atoms with Crippen LogP contribution in [0.3, 0.4) is 0 Å². The topological polar surface area (TPSA) is 93.8 Å². The second-order valence-corrected chi connectivity index (χ2v) is 6.44. The van der Waals surface area contributed by atoms with Crippen molar-refractivity contribution >= 4 is 23.2 Å². The molecule has 0 spiro atoms. The third-order valence-corrected chi connectivity index (χ3v) is 4.49. The average molecular weight is 374 g/mol. The highest BCUT2D eigenvalue weighted by atomic mass is 16.5. The van der Waals surface area contributed by atoms with Crippen LogP contribution in [0.1, 0.15) is 23.9 Å². The smallest absolute Gasteiger partial charge is 0.316 e. The van der Waals surface area contributed by atoms with Crippen LogP contribution in [0.25, 0.3) is 34.6 Å². The Hall–Kier alpha value is -3.74. The van der Waals surface area contributed by atoms with Crippen molar-refractivity contribution < 1.29 is 4.52 Å². The van der Waals surface area contributed by atoms with Crippen molar-refractivity contribution in [3.8, 4) is 11.4 Å². The number of benzene rings is 2. The Morgan fingerprint density at radius 1 is 1.11 bits per heavy atom. The van der Waals surface area contributed by atoms with Gasteiger partial charge in [-0.3, -0.25) is 9.59 Å². The SMILES string of the molecule is CCn1c(=O)c(=O)[nH]c2cc(-c3noc(/C=C/c4ccc(C)cc4)n3)ccc21. The summed E-state index contributed by atoms with van der Waals surface area (Å²) in [7, 11) is 0. The predicted molar refractivity (Wildman–Crippen MR) is 108 cm³/mol. The highest BCUT2D eigenvalue weighted by Crippen LogP contribution is 2.21. The van der Waals surface area contributed by atoms with E-state index in [1.54, 1.807) is 24.3 Å². The summed E-state index contributed by atoms with van der Waals surface area (Å²) in [4.78, 5) is 30.8. The molecule has 0 fully saturated rings. The third-order valence-electron chi connectivity index (χ3n) is 4.49. The minimum absolute atomic E-state index is 0.377. The Kier molecular flexibility index (Phi) is 4.49. The van der Waals surface area contributed by atoms with Gasteiger partial charge in [-0.15, -0.1) is 0 Å². The first-order valence-corrected chi connectivity index (χ1v) is 8.91. The fraction of sp³-hybridized carbons (Fsp3) is 0.143. The summed E-state index contributed by atoms with van der Waals surface area (Å²) in [5.41, 5.74) is 2.89. The maximum absolute atomic E-state index is 12.0. The molecule has 0 saturated heterocycles. The maximum atomic E-state index is 12.0. The van der Waals surface area contributed by atoms with E-state index < -0.39 is 11.1 Å². The van der Waals surface area contributed by atoms with Gasteiger partial charge in [-0.05, 0) is 43.7 Å². The van der Waals surface area contributed by atoms with Gasteiger partial charge in [0.15, 0.2) is 0 Å². The van der Waals surface area contributed by atoms with Crippen LogP contribution >= 0.6 is 0 Å². The second kappa shape index (κ2) is 7.11. The van der Waals surface area contributed by atoms with E-state index in [-0.39, 0.29) is 0 Å². The van der Waals surface area contributed by atoms with Gasteiger partial charge >= 0.3 is 11.1 Å². The van der Waals surface area contributed by atoms with E-state index in [2.05, 4.69) is 15.1 Å². The normalized spacial score (nSPS) is 11.5. The molecule has 0 atom stereocenters. The lowest BCUT2D eigenvalue weighted by Crippen LogP contribution is -2.35. The molecule has 28 heavy (non-hydrogen) atoms. The first kappa shape index (κ1) is 17.7. The van der Waals surface area contributed by atoms with Crippen LogP contribution < -0.4 is 11.1 Å². The minimum atomic E-state index is -0.652. The van der Waals surface area contributed by atoms with Crippen molar-refractivity contribution in [3.63, 3.8) is 0 Å². The molecule has 4 rings (SSSR count). The summed E-state index contributed by atoms with van der Waals surface area (Å²) in [5.74, 6) is 0.781. The standard InChI is InChI=1S/C21H18N4O3/c1-3-25-17-10-9-15(12-16(17)22-20(26)21(25)27)19-23-18(28-24-19)11-8-14-6-4-13(2)5-7-14/h4-12H,3H2,1-2H3,(H,22,26)/b11-8+. The number of aryl methyl sites for hydroxylation is 2. The van der Waals surface area contributed by atoms with Gasteiger partial charge in [0.05, 0.1) is 11.0 Å². The largest absolute Gasteiger partial charge is 0.334 e. The van der Waals surface area contributed by atoms with E-state index in [0.717, 1.165) is 5.56 Å². The molecule has 2 heterocycles. The molecule has 4 aromatic rings. The van der Waals surface area contributed by atoms with Crippen molar-refractivity contribution in [2.45, 2.75) is 20.4 Å². The van der Waals surface area contributed by atoms with Gasteiger partial charge in [0, 0.05) is 18.2 Å². The van der Waals surface area contributed by atoms with Crippen molar-refractivity contribution in [3.05, 3.63) is 80.2 Å². The molecule has 0 radical (unpaired) electrons. The molecule has 7 heteroatoms. The first-order valence-electron chi connectivity index (χ1n) is 8.91. The van der Waals surface area contributed by atoms with Crippen LogP contribution in [-0.2, 0) is 6.54 Å². The monoisotopic (exact) mass is 374 g/mol. The van der Waals surface area contributed by atoms with E-state index in [1.807, 2.05) is 44.2 Å². The van der Waals surface area contributed by atoms with E-state index >= 15 is 0 Å². The molecule has 7 nitrogen and oxygen atoms in total. The van der Waals surface area contributed by atoms with E-state index in [0.29, 0.717) is 34.9 Å². The average Bonchev–Trinajstić information content (AvgIpc) is 3.17. The molecule has 2 aromatic heterocycles. The molecule has 1 N–H and O–H groups in total. The fourth-order valence-corrected chi connectivity index (χ4v) is 3.00. The van der Waals surface area contributed by atoms with Gasteiger partial charge < -0.3 is 14.1 Å². The fourth-order valence-electron chi connectivity index (χ4n) is 3.00. The van der Waals surface area contributed by atoms with Crippen molar-refractivity contribution in [1.82, 2.24) is 19.7 Å². The highest BCUT2D eigenvalue weighted by Gasteiger charge is 2.11. The number of nitrogens with zero attached hydrogens (tertiary/aromatic N) is 3. The Labute approximate surface area is 160 Å². The van der Waals surface area contributed by atoms with Crippen molar-refractivity contribution in [2.24, 2.45) is 0 Å². The molecule has 0 saturated carbocycles. The summed E-state index contributed by atoms with van der Waals surface area (Å²) in [5, 5.41) is 4.00. The minimum Gasteiger partial charge on any atom is -0.334 e. The van der Waals surface area contributed by atoms with Gasteiger partial charge in [-0.25, -0.2) is 0 Å². The Morgan fingerprint density at radius 2 is 1.89 bits per heavy atom. The highest BCUT2D eigenvalue weighted by molar-refractivity contribution is 5.80. The lowest BCUT2D eigenvalue weighted by Gasteiger charge is -2.07. The molecule has 0 bridgehead atoms. The first-order chi connectivity index (χ1) is 13.5. The zero-order valence-corrected chi connectivity index (χ0v) is 15.5. The molecule has 0 unspecified atom stereocenters. The molecule has 0 aliphatic carbocycles. The quantitative estimate of drug-likeness (QED) is 0.554. The number of aromatic amines is 1. The molecule has 140 valence electrons. The van der Waals surface area contributed by atoms with E-state index in [4.69, 9.17) is 4.52 Å². The Balaban J connectivity index is 1.67. The predicted octanol–water partition coefficient (Wildman–Crippen LogP) is 3.24. The Morgan fingerprint density at radius 3 is 2.64 bits per heavy atom. The van der Waals surface area contributed by atoms with Gasteiger partial charge in [0.2, 0.25) is 5.82 Å². The van der Waals surface area contributed by atoms with Crippen LogP contribution in [-0.4, -0.2) is 19.7 Å². The van der Waals surface area contributed by atoms with Gasteiger partial charge in [0.1, 0.15) is 0 Å². The number of H-pyrrole nitrogens is 1. The summed E-state index contributed by atoms with van der Waals surface area (Å²) in [6.45, 7) is 4.27. The summed E-state index contributed by atoms with van der Waals surface area (Å²) < 4.78 is 6.72. The molecule has 0 amide bonds. The number of aromatic nitrogens is 4. The molecule has 0 aliphatic heterocycles. The van der Waals surface area contributed by atoms with Crippen LogP contribution in [0.4, 0.5) is 0 Å². The van der Waals surface area contributed by atoms with Gasteiger partial charge in [-0.1, -0.05) is 35.0 Å². The lowest BCUT2D eigenvalue weighted by atomic mass is 10.1. The summed E-state index contributed by atoms with van der Waals surface area (Å²) in [6, 6.07) is 13.4. The van der Waals surface area contributed by atoms with Crippen LogP contribution in [0.5, 0.6) is 0 Å². The van der Waals surface area contributed by atoms with Gasteiger partial charge in [-0.2, -0.15) is 4.98 Å². The van der Waals surface area contributed by atoms with E-state index in [9.17, 15) is 9.59 Å². The van der Waals surface area contributed by atoms with Crippen molar-refractivity contribution in [2.75, 3.05) is 0 Å². The summed E-state index contributed by atoms with van der Waals surface area (Å²) in [6.07, 6.45) is 3.65. The number of rotatable bonds is 4. The number of hydrogen-bond donors (Lipinski definition) is 1. The van der Waals surface area contributed by atoms with Crippen LogP contribution in [0.2, 0.25) is 0 Å². The van der Waals surface area contributed by atoms with E-state index in [1.165, 1.54) is 10.1 Å². The number of nitrogens with one attached hydrogen (secondary N) is 1. The molecular formula is C21H18N4O3. The third kappa shape index (κ3) is 3.29. The molecule has 0 aliphatic rings. The Bertz CT molecular complexity index is 1290. The van der Waals surface area contributed by atoms with Crippen LogP contribution in [0, 0.1) is 6.92 Å². The molecule has 2 aromatic carbocycles. The van der Waals surface area contributed by atoms with Crippen LogP contribution in [0.15, 0.2) is 56.6 Å². The van der Waals surface area contributed by atoms with Crippen molar-refractivity contribution in [1.29, 1.82) is 0 Å². The number of hydrogen-bond acceptors (Lipinski definition) is 5. The van der Waals surface area contributed by atoms with Gasteiger partial charge in [0.25, 0.3) is 5.89 Å². The molecular weight excluding hydrogens is 356 g/mol. The lowest BCUT2D eigenvalue weighted by molar-refractivity contribution is 0.411.